The van der Waals surface area contributed by atoms with Crippen LogP contribution in [0.4, 0.5) is 0 Å². The molecule has 0 spiro atoms. The monoisotopic (exact) mass is 208 g/mol. The Morgan fingerprint density at radius 2 is 1.93 bits per heavy atom. The van der Waals surface area contributed by atoms with Gasteiger partial charge in [-0.3, -0.25) is 4.90 Å². The molecular formula is C10H16N4O. The van der Waals surface area contributed by atoms with Gasteiger partial charge in [0, 0.05) is 37.6 Å². The molecule has 1 aliphatic rings. The Bertz CT molecular complexity index is 295. The van der Waals surface area contributed by atoms with Crippen molar-refractivity contribution < 1.29 is 4.74 Å². The van der Waals surface area contributed by atoms with Crippen molar-refractivity contribution in [1.29, 1.82) is 0 Å². The summed E-state index contributed by atoms with van der Waals surface area (Å²) in [5.41, 5.74) is 6.57. The van der Waals surface area contributed by atoms with Crippen LogP contribution in [-0.2, 0) is 17.8 Å². The number of hydrogen-bond acceptors (Lipinski definition) is 5. The van der Waals surface area contributed by atoms with E-state index in [2.05, 4.69) is 14.9 Å². The van der Waals surface area contributed by atoms with E-state index in [4.69, 9.17) is 10.5 Å². The van der Waals surface area contributed by atoms with E-state index < -0.39 is 0 Å². The second kappa shape index (κ2) is 5.16. The highest BCUT2D eigenvalue weighted by Gasteiger charge is 2.10. The van der Waals surface area contributed by atoms with Crippen LogP contribution >= 0.6 is 0 Å². The van der Waals surface area contributed by atoms with Gasteiger partial charge in [0.25, 0.3) is 0 Å². The van der Waals surface area contributed by atoms with Crippen LogP contribution in [0.5, 0.6) is 0 Å². The number of hydrogen-bond donors (Lipinski definition) is 1. The summed E-state index contributed by atoms with van der Waals surface area (Å²) in [7, 11) is 0. The molecule has 0 amide bonds. The quantitative estimate of drug-likeness (QED) is 0.743. The summed E-state index contributed by atoms with van der Waals surface area (Å²) in [6, 6.07) is 0. The van der Waals surface area contributed by atoms with E-state index in [1.54, 1.807) is 0 Å². The van der Waals surface area contributed by atoms with Crippen LogP contribution < -0.4 is 5.73 Å². The molecule has 0 aliphatic carbocycles. The zero-order valence-electron chi connectivity index (χ0n) is 8.72. The summed E-state index contributed by atoms with van der Waals surface area (Å²) in [5, 5.41) is 0. The summed E-state index contributed by atoms with van der Waals surface area (Å²) >= 11 is 0. The largest absolute Gasteiger partial charge is 0.379 e. The van der Waals surface area contributed by atoms with Crippen LogP contribution in [0.2, 0.25) is 0 Å². The van der Waals surface area contributed by atoms with E-state index in [0.29, 0.717) is 12.4 Å². The highest BCUT2D eigenvalue weighted by Crippen LogP contribution is 2.04. The normalized spacial score (nSPS) is 17.9. The third-order valence-electron chi connectivity index (χ3n) is 2.45. The molecule has 0 saturated carbocycles. The lowest BCUT2D eigenvalue weighted by Gasteiger charge is -2.26. The fourth-order valence-corrected chi connectivity index (χ4v) is 1.59. The van der Waals surface area contributed by atoms with E-state index in [0.717, 1.165) is 38.4 Å². The van der Waals surface area contributed by atoms with Gasteiger partial charge in [-0.2, -0.15) is 0 Å². The molecule has 2 N–H and O–H groups in total. The minimum absolute atomic E-state index is 0.401. The summed E-state index contributed by atoms with van der Waals surface area (Å²) in [4.78, 5) is 10.7. The molecule has 0 radical (unpaired) electrons. The van der Waals surface area contributed by atoms with E-state index in [1.807, 2.05) is 12.4 Å². The predicted octanol–water partition coefficient (Wildman–Crippen LogP) is -0.232. The molecule has 1 fully saturated rings. The predicted molar refractivity (Wildman–Crippen MR) is 56.0 cm³/mol. The summed E-state index contributed by atoms with van der Waals surface area (Å²) in [5.74, 6) is 0.695. The molecule has 1 saturated heterocycles. The molecule has 1 aliphatic heterocycles. The number of ether oxygens (including phenoxy) is 1. The Hall–Kier alpha value is -1.04. The molecule has 82 valence electrons. The Morgan fingerprint density at radius 1 is 1.27 bits per heavy atom. The van der Waals surface area contributed by atoms with Gasteiger partial charge < -0.3 is 10.5 Å². The Balaban J connectivity index is 1.91. The van der Waals surface area contributed by atoms with E-state index in [9.17, 15) is 0 Å². The first-order valence-corrected chi connectivity index (χ1v) is 5.18. The van der Waals surface area contributed by atoms with Crippen molar-refractivity contribution in [1.82, 2.24) is 14.9 Å². The van der Waals surface area contributed by atoms with Crippen molar-refractivity contribution in [3.63, 3.8) is 0 Å². The zero-order chi connectivity index (χ0) is 10.5. The van der Waals surface area contributed by atoms with Crippen LogP contribution in [-0.4, -0.2) is 41.2 Å². The molecule has 2 rings (SSSR count). The van der Waals surface area contributed by atoms with Crippen molar-refractivity contribution >= 4 is 0 Å². The zero-order valence-corrected chi connectivity index (χ0v) is 8.72. The first-order valence-electron chi connectivity index (χ1n) is 5.18. The lowest BCUT2D eigenvalue weighted by molar-refractivity contribution is 0.0341. The SMILES string of the molecule is NCc1ncc(CN2CCOCC2)cn1. The molecule has 0 unspecified atom stereocenters. The molecule has 1 aromatic heterocycles. The third kappa shape index (κ3) is 2.95. The minimum atomic E-state index is 0.401. The van der Waals surface area contributed by atoms with Crippen molar-refractivity contribution in [2.24, 2.45) is 5.73 Å². The third-order valence-corrected chi connectivity index (χ3v) is 2.45. The highest BCUT2D eigenvalue weighted by atomic mass is 16.5. The van der Waals surface area contributed by atoms with Crippen molar-refractivity contribution in [3.8, 4) is 0 Å². The van der Waals surface area contributed by atoms with Crippen molar-refractivity contribution in [3.05, 3.63) is 23.8 Å². The van der Waals surface area contributed by atoms with E-state index in [1.165, 1.54) is 0 Å². The van der Waals surface area contributed by atoms with Crippen LogP contribution in [0.25, 0.3) is 0 Å². The van der Waals surface area contributed by atoms with Gasteiger partial charge in [-0.15, -0.1) is 0 Å². The van der Waals surface area contributed by atoms with Gasteiger partial charge >= 0.3 is 0 Å². The first-order chi connectivity index (χ1) is 7.38. The number of aromatic nitrogens is 2. The smallest absolute Gasteiger partial charge is 0.141 e. The molecule has 5 heteroatoms. The molecule has 0 bridgehead atoms. The van der Waals surface area contributed by atoms with E-state index in [-0.39, 0.29) is 0 Å². The molecule has 1 aromatic rings. The lowest BCUT2D eigenvalue weighted by atomic mass is 10.3. The van der Waals surface area contributed by atoms with Gasteiger partial charge in [0.1, 0.15) is 5.82 Å². The Kier molecular flexibility index (Phi) is 3.60. The van der Waals surface area contributed by atoms with Crippen LogP contribution in [0.15, 0.2) is 12.4 Å². The minimum Gasteiger partial charge on any atom is -0.379 e. The number of rotatable bonds is 3. The number of nitrogens with zero attached hydrogens (tertiary/aromatic N) is 3. The Morgan fingerprint density at radius 3 is 2.53 bits per heavy atom. The van der Waals surface area contributed by atoms with Crippen molar-refractivity contribution in [2.75, 3.05) is 26.3 Å². The molecule has 0 aromatic carbocycles. The molecule has 2 heterocycles. The van der Waals surface area contributed by atoms with Crippen LogP contribution in [0.1, 0.15) is 11.4 Å². The molecule has 0 atom stereocenters. The lowest BCUT2D eigenvalue weighted by Crippen LogP contribution is -2.35. The maximum absolute atomic E-state index is 5.43. The average Bonchev–Trinajstić information content (AvgIpc) is 2.31. The standard InChI is InChI=1S/C10H16N4O/c11-5-10-12-6-9(7-13-10)8-14-1-3-15-4-2-14/h6-7H,1-5,8,11H2. The second-order valence-electron chi connectivity index (χ2n) is 3.60. The van der Waals surface area contributed by atoms with Gasteiger partial charge in [0.15, 0.2) is 0 Å². The molecule has 5 nitrogen and oxygen atoms in total. The van der Waals surface area contributed by atoms with Gasteiger partial charge in [-0.05, 0) is 0 Å². The summed E-state index contributed by atoms with van der Waals surface area (Å²) in [6.07, 6.45) is 3.70. The molecular weight excluding hydrogens is 192 g/mol. The number of morpholine rings is 1. The van der Waals surface area contributed by atoms with E-state index >= 15 is 0 Å². The number of nitrogens with two attached hydrogens (primary N) is 1. The summed E-state index contributed by atoms with van der Waals surface area (Å²) in [6.45, 7) is 4.91. The summed E-state index contributed by atoms with van der Waals surface area (Å²) < 4.78 is 5.28. The fraction of sp³-hybridized carbons (Fsp3) is 0.600. The average molecular weight is 208 g/mol. The van der Waals surface area contributed by atoms with Crippen molar-refractivity contribution in [2.45, 2.75) is 13.1 Å². The van der Waals surface area contributed by atoms with Crippen LogP contribution in [0, 0.1) is 0 Å². The second-order valence-corrected chi connectivity index (χ2v) is 3.60. The van der Waals surface area contributed by atoms with Gasteiger partial charge in [-0.25, -0.2) is 9.97 Å². The maximum atomic E-state index is 5.43. The van der Waals surface area contributed by atoms with Gasteiger partial charge in [0.05, 0.1) is 19.8 Å². The topological polar surface area (TPSA) is 64.3 Å². The Labute approximate surface area is 89.3 Å². The highest BCUT2D eigenvalue weighted by molar-refractivity contribution is 5.05. The fourth-order valence-electron chi connectivity index (χ4n) is 1.59. The van der Waals surface area contributed by atoms with Gasteiger partial charge in [-0.1, -0.05) is 0 Å². The first kappa shape index (κ1) is 10.5. The van der Waals surface area contributed by atoms with Gasteiger partial charge in [0.2, 0.25) is 0 Å². The molecule has 15 heavy (non-hydrogen) atoms. The maximum Gasteiger partial charge on any atom is 0.141 e. The van der Waals surface area contributed by atoms with Crippen LogP contribution in [0.3, 0.4) is 0 Å².